The molecule has 0 aromatic heterocycles. The van der Waals surface area contributed by atoms with Crippen LogP contribution in [0.25, 0.3) is 0 Å². The van der Waals surface area contributed by atoms with Crippen LogP contribution in [0.4, 0.5) is 4.79 Å². The number of hydrogen-bond donors (Lipinski definition) is 2. The Balaban J connectivity index is 2.03. The molecule has 1 saturated carbocycles. The lowest BCUT2D eigenvalue weighted by Crippen LogP contribution is -2.72. The summed E-state index contributed by atoms with van der Waals surface area (Å²) in [7, 11) is 0. The molecule has 12 heavy (non-hydrogen) atoms. The topological polar surface area (TPSA) is 66.6 Å². The van der Waals surface area contributed by atoms with Gasteiger partial charge in [0.15, 0.2) is 0 Å². The van der Waals surface area contributed by atoms with E-state index in [1.807, 2.05) is 6.92 Å². The minimum absolute atomic E-state index is 0.397. The predicted molar refractivity (Wildman–Crippen MR) is 43.5 cm³/mol. The largest absolute Gasteiger partial charge is 0.465 e. The highest BCUT2D eigenvalue weighted by atomic mass is 16.4. The van der Waals surface area contributed by atoms with Gasteiger partial charge in [0, 0.05) is 12.5 Å². The smallest absolute Gasteiger partial charge is 0.408 e. The molecule has 0 bridgehead atoms. The van der Waals surface area contributed by atoms with Crippen molar-refractivity contribution in [1.29, 1.82) is 0 Å². The highest BCUT2D eigenvalue weighted by Gasteiger charge is 2.55. The van der Waals surface area contributed by atoms with Gasteiger partial charge in [-0.15, -0.1) is 0 Å². The van der Waals surface area contributed by atoms with Crippen LogP contribution in [0.2, 0.25) is 0 Å². The maximum absolute atomic E-state index is 10.6. The van der Waals surface area contributed by atoms with Crippen LogP contribution in [0.15, 0.2) is 0 Å². The third-order valence-electron chi connectivity index (χ3n) is 3.13. The van der Waals surface area contributed by atoms with Gasteiger partial charge >= 0.3 is 6.09 Å². The first-order chi connectivity index (χ1) is 5.53. The molecule has 1 aliphatic carbocycles. The molecule has 0 aromatic rings. The Labute approximate surface area is 71.3 Å². The van der Waals surface area contributed by atoms with Crippen LogP contribution in [0.1, 0.15) is 19.8 Å². The molecular weight excluding hydrogens is 156 g/mol. The lowest BCUT2D eigenvalue weighted by atomic mass is 9.80. The normalized spacial score (nSPS) is 40.8. The third kappa shape index (κ3) is 0.909. The van der Waals surface area contributed by atoms with Crippen molar-refractivity contribution in [1.82, 2.24) is 4.90 Å². The van der Waals surface area contributed by atoms with Gasteiger partial charge in [-0.1, -0.05) is 0 Å². The highest BCUT2D eigenvalue weighted by molar-refractivity contribution is 5.67. The summed E-state index contributed by atoms with van der Waals surface area (Å²) in [5.74, 6) is 1.09. The van der Waals surface area contributed by atoms with Gasteiger partial charge in [-0.2, -0.15) is 0 Å². The zero-order valence-corrected chi connectivity index (χ0v) is 7.16. The maximum atomic E-state index is 10.6. The molecule has 2 unspecified atom stereocenters. The van der Waals surface area contributed by atoms with Crippen LogP contribution < -0.4 is 5.73 Å². The van der Waals surface area contributed by atoms with Crippen LogP contribution in [0, 0.1) is 11.8 Å². The zero-order chi connectivity index (χ0) is 8.93. The SMILES string of the molecule is CC1(N)C(C2CC2)CN1C(=O)O. The number of rotatable bonds is 1. The molecule has 0 aromatic carbocycles. The molecule has 2 atom stereocenters. The van der Waals surface area contributed by atoms with Crippen LogP contribution in [-0.4, -0.2) is 28.3 Å². The molecule has 2 aliphatic rings. The zero-order valence-electron chi connectivity index (χ0n) is 7.16. The average Bonchev–Trinajstić information content (AvgIpc) is 2.68. The molecule has 3 N–H and O–H groups in total. The molecule has 2 fully saturated rings. The van der Waals surface area contributed by atoms with Crippen molar-refractivity contribution in [2.45, 2.75) is 25.4 Å². The van der Waals surface area contributed by atoms with Gasteiger partial charge in [0.2, 0.25) is 0 Å². The van der Waals surface area contributed by atoms with Crippen molar-refractivity contribution in [2.24, 2.45) is 17.6 Å². The van der Waals surface area contributed by atoms with E-state index in [0.29, 0.717) is 18.4 Å². The van der Waals surface area contributed by atoms with Crippen LogP contribution in [0.5, 0.6) is 0 Å². The second-order valence-electron chi connectivity index (χ2n) is 4.06. The molecule has 68 valence electrons. The summed E-state index contributed by atoms with van der Waals surface area (Å²) < 4.78 is 0. The first-order valence-electron chi connectivity index (χ1n) is 4.33. The maximum Gasteiger partial charge on any atom is 0.408 e. The van der Waals surface area contributed by atoms with E-state index in [2.05, 4.69) is 0 Å². The van der Waals surface area contributed by atoms with Gasteiger partial charge in [-0.25, -0.2) is 4.79 Å². The predicted octanol–water partition coefficient (Wildman–Crippen LogP) is 0.681. The Morgan fingerprint density at radius 3 is 2.58 bits per heavy atom. The van der Waals surface area contributed by atoms with E-state index in [0.717, 1.165) is 0 Å². The van der Waals surface area contributed by atoms with E-state index in [-0.39, 0.29) is 0 Å². The molecule has 1 amide bonds. The van der Waals surface area contributed by atoms with E-state index in [1.54, 1.807) is 0 Å². The van der Waals surface area contributed by atoms with Gasteiger partial charge in [-0.05, 0) is 25.7 Å². The standard InChI is InChI=1S/C8H14N2O2/c1-8(9)6(5-2-3-5)4-10(8)7(11)12/h5-6H,2-4,9H2,1H3,(H,11,12). The molecule has 4 nitrogen and oxygen atoms in total. The Hall–Kier alpha value is -0.770. The number of nitrogens with zero attached hydrogens (tertiary/aromatic N) is 1. The van der Waals surface area contributed by atoms with Gasteiger partial charge in [-0.3, -0.25) is 4.90 Å². The summed E-state index contributed by atoms with van der Waals surface area (Å²) in [6, 6.07) is 0. The monoisotopic (exact) mass is 170 g/mol. The minimum atomic E-state index is -0.892. The summed E-state index contributed by atoms with van der Waals surface area (Å²) in [6.07, 6.45) is 1.56. The van der Waals surface area contributed by atoms with Crippen molar-refractivity contribution in [3.63, 3.8) is 0 Å². The van der Waals surface area contributed by atoms with Crippen LogP contribution >= 0.6 is 0 Å². The number of amides is 1. The lowest BCUT2D eigenvalue weighted by molar-refractivity contribution is -0.0551. The van der Waals surface area contributed by atoms with Gasteiger partial charge in [0.1, 0.15) is 0 Å². The fraction of sp³-hybridized carbons (Fsp3) is 0.875. The molecular formula is C8H14N2O2. The number of nitrogens with two attached hydrogens (primary N) is 1. The lowest BCUT2D eigenvalue weighted by Gasteiger charge is -2.53. The molecule has 1 heterocycles. The Bertz CT molecular complexity index is 223. The Morgan fingerprint density at radius 2 is 2.25 bits per heavy atom. The average molecular weight is 170 g/mol. The van der Waals surface area contributed by atoms with Crippen molar-refractivity contribution < 1.29 is 9.90 Å². The van der Waals surface area contributed by atoms with E-state index >= 15 is 0 Å². The number of carboxylic acid groups (broad SMARTS) is 1. The Kier molecular flexibility index (Phi) is 1.39. The fourth-order valence-corrected chi connectivity index (χ4v) is 2.07. The van der Waals surface area contributed by atoms with E-state index < -0.39 is 11.8 Å². The highest BCUT2D eigenvalue weighted by Crippen LogP contribution is 2.48. The van der Waals surface area contributed by atoms with Crippen molar-refractivity contribution in [3.8, 4) is 0 Å². The first-order valence-corrected chi connectivity index (χ1v) is 4.33. The number of carbonyl (C=O) groups is 1. The summed E-state index contributed by atoms with van der Waals surface area (Å²) >= 11 is 0. The molecule has 1 aliphatic heterocycles. The fourth-order valence-electron chi connectivity index (χ4n) is 2.07. The second kappa shape index (κ2) is 2.13. The van der Waals surface area contributed by atoms with Crippen molar-refractivity contribution in [2.75, 3.05) is 6.54 Å². The molecule has 1 saturated heterocycles. The van der Waals surface area contributed by atoms with E-state index in [1.165, 1.54) is 17.7 Å². The molecule has 0 spiro atoms. The molecule has 4 heteroatoms. The van der Waals surface area contributed by atoms with Crippen molar-refractivity contribution >= 4 is 6.09 Å². The first kappa shape index (κ1) is 7.86. The van der Waals surface area contributed by atoms with Gasteiger partial charge in [0.25, 0.3) is 0 Å². The number of likely N-dealkylation sites (tertiary alicyclic amines) is 1. The number of hydrogen-bond acceptors (Lipinski definition) is 2. The quantitative estimate of drug-likeness (QED) is 0.608. The molecule has 2 rings (SSSR count). The van der Waals surface area contributed by atoms with Gasteiger partial charge in [0.05, 0.1) is 5.66 Å². The molecule has 0 radical (unpaired) electrons. The van der Waals surface area contributed by atoms with Crippen molar-refractivity contribution in [3.05, 3.63) is 0 Å². The van der Waals surface area contributed by atoms with E-state index in [9.17, 15) is 4.79 Å². The minimum Gasteiger partial charge on any atom is -0.465 e. The van der Waals surface area contributed by atoms with E-state index in [4.69, 9.17) is 10.8 Å². The summed E-state index contributed by atoms with van der Waals surface area (Å²) in [5, 5.41) is 8.73. The third-order valence-corrected chi connectivity index (χ3v) is 3.13. The summed E-state index contributed by atoms with van der Waals surface area (Å²) in [5.41, 5.74) is 5.29. The summed E-state index contributed by atoms with van der Waals surface area (Å²) in [4.78, 5) is 12.0. The van der Waals surface area contributed by atoms with Crippen LogP contribution in [0.3, 0.4) is 0 Å². The Morgan fingerprint density at radius 1 is 1.67 bits per heavy atom. The second-order valence-corrected chi connectivity index (χ2v) is 4.06. The summed E-state index contributed by atoms with van der Waals surface area (Å²) in [6.45, 7) is 2.45. The van der Waals surface area contributed by atoms with Crippen LogP contribution in [-0.2, 0) is 0 Å². The van der Waals surface area contributed by atoms with Gasteiger partial charge < -0.3 is 10.8 Å².